The number of aliphatic hydroxyl groups is 2. The highest BCUT2D eigenvalue weighted by Crippen LogP contribution is 2.10. The summed E-state index contributed by atoms with van der Waals surface area (Å²) >= 11 is 6.32. The highest BCUT2D eigenvalue weighted by molar-refractivity contribution is 7.99. The molecule has 2 aromatic heterocycles. The van der Waals surface area contributed by atoms with Crippen molar-refractivity contribution in [2.24, 2.45) is 4.99 Å². The molecular weight excluding hydrogens is 622 g/mol. The van der Waals surface area contributed by atoms with Crippen molar-refractivity contribution in [3.63, 3.8) is 0 Å². The number of nitrogens with zero attached hydrogens (tertiary/aromatic N) is 5. The van der Waals surface area contributed by atoms with Crippen LogP contribution in [0.2, 0.25) is 0 Å². The van der Waals surface area contributed by atoms with Gasteiger partial charge in [-0.25, -0.2) is 24.5 Å². The van der Waals surface area contributed by atoms with E-state index >= 15 is 0 Å². The molecule has 248 valence electrons. The lowest BCUT2D eigenvalue weighted by Crippen LogP contribution is -2.34. The van der Waals surface area contributed by atoms with E-state index in [1.165, 1.54) is 14.2 Å². The van der Waals surface area contributed by atoms with Crippen LogP contribution in [0, 0.1) is 0 Å². The minimum absolute atomic E-state index is 0.0316. The van der Waals surface area contributed by atoms with E-state index in [1.54, 1.807) is 36.0 Å². The third-order valence-corrected chi connectivity index (χ3v) is 7.55. The van der Waals surface area contributed by atoms with E-state index in [0.717, 1.165) is 5.75 Å². The van der Waals surface area contributed by atoms with E-state index in [1.807, 2.05) is 21.9 Å². The Morgan fingerprint density at radius 2 is 1.47 bits per heavy atom. The number of methoxy groups -OCH3 is 2. The zero-order valence-electron chi connectivity index (χ0n) is 25.8. The van der Waals surface area contributed by atoms with Crippen molar-refractivity contribution in [3.8, 4) is 0 Å². The minimum Gasteiger partial charge on any atom is -0.464 e. The third kappa shape index (κ3) is 15.8. The lowest BCUT2D eigenvalue weighted by Gasteiger charge is -2.24. The molecule has 0 aliphatic carbocycles. The molecule has 0 radical (unpaired) electrons. The molecule has 0 spiro atoms. The Kier molecular flexibility index (Phi) is 20.0. The monoisotopic (exact) mass is 665 g/mol. The Hall–Kier alpha value is -2.85. The molecule has 0 aromatic carbocycles. The van der Waals surface area contributed by atoms with Gasteiger partial charge in [-0.2, -0.15) is 11.8 Å². The van der Waals surface area contributed by atoms with Gasteiger partial charge in [0.15, 0.2) is 0 Å². The van der Waals surface area contributed by atoms with Gasteiger partial charge in [-0.1, -0.05) is 12.1 Å². The van der Waals surface area contributed by atoms with Crippen molar-refractivity contribution in [1.29, 1.82) is 0 Å². The number of hydrogen-bond donors (Lipinski definition) is 2. The van der Waals surface area contributed by atoms with Gasteiger partial charge >= 0.3 is 11.9 Å². The van der Waals surface area contributed by atoms with Gasteiger partial charge in [-0.3, -0.25) is 9.80 Å². The zero-order chi connectivity index (χ0) is 32.7. The Labute approximate surface area is 273 Å². The molecule has 2 N–H and O–H groups in total. The Morgan fingerprint density at radius 3 is 1.98 bits per heavy atom. The first-order valence-electron chi connectivity index (χ1n) is 14.5. The fourth-order valence-electron chi connectivity index (χ4n) is 4.12. The molecule has 2 heterocycles. The molecule has 0 fully saturated rings. The highest BCUT2D eigenvalue weighted by atomic mass is 32.2. The van der Waals surface area contributed by atoms with Crippen LogP contribution in [0.15, 0.2) is 41.4 Å². The molecule has 0 amide bonds. The largest absolute Gasteiger partial charge is 0.464 e. The number of carbonyl (C=O) groups excluding carboxylic acids is 2. The van der Waals surface area contributed by atoms with E-state index in [4.69, 9.17) is 18.9 Å². The number of aliphatic imine (C=N–C) groups is 1. The Bertz CT molecular complexity index is 1200. The van der Waals surface area contributed by atoms with Crippen LogP contribution in [-0.4, -0.2) is 145 Å². The first kappa shape index (κ1) is 38.3. The van der Waals surface area contributed by atoms with Crippen LogP contribution in [0.5, 0.6) is 0 Å². The molecule has 1 atom stereocenters. The summed E-state index contributed by atoms with van der Waals surface area (Å²) in [5.41, 5.74) is 1.82. The van der Waals surface area contributed by atoms with Gasteiger partial charge in [-0.05, 0) is 36.5 Å². The summed E-state index contributed by atoms with van der Waals surface area (Å²) in [6.45, 7) is 4.42. The van der Waals surface area contributed by atoms with Gasteiger partial charge in [0.2, 0.25) is 0 Å². The van der Waals surface area contributed by atoms with E-state index in [0.29, 0.717) is 82.8 Å². The second kappa shape index (κ2) is 23.5. The van der Waals surface area contributed by atoms with Gasteiger partial charge in [0.25, 0.3) is 0 Å². The first-order chi connectivity index (χ1) is 21.9. The van der Waals surface area contributed by atoms with Gasteiger partial charge in [0.05, 0.1) is 76.5 Å². The topological polar surface area (TPSA) is 156 Å². The Morgan fingerprint density at radius 1 is 0.911 bits per heavy atom. The van der Waals surface area contributed by atoms with Crippen molar-refractivity contribution in [3.05, 3.63) is 59.2 Å². The summed E-state index contributed by atoms with van der Waals surface area (Å²) in [5.74, 6) is 0.440. The van der Waals surface area contributed by atoms with Gasteiger partial charge in [-0.15, -0.1) is 0 Å². The molecule has 0 aliphatic heterocycles. The molecule has 13 nitrogen and oxygen atoms in total. The van der Waals surface area contributed by atoms with Gasteiger partial charge in [0.1, 0.15) is 11.4 Å². The number of aromatic nitrogens is 2. The number of isothiocyanates is 1. The van der Waals surface area contributed by atoms with Crippen molar-refractivity contribution >= 4 is 41.1 Å². The summed E-state index contributed by atoms with van der Waals surface area (Å²) in [6, 6.07) is 10.3. The number of thioether (sulfide) groups is 1. The summed E-state index contributed by atoms with van der Waals surface area (Å²) < 4.78 is 21.7. The molecule has 0 saturated heterocycles. The number of pyridine rings is 2. The van der Waals surface area contributed by atoms with Crippen LogP contribution in [0.4, 0.5) is 0 Å². The molecule has 0 unspecified atom stereocenters. The Balaban J connectivity index is 1.91. The molecular formula is C30H43N5O8S2. The molecule has 0 saturated carbocycles. The normalized spacial score (nSPS) is 11.8. The first-order valence-corrected chi connectivity index (χ1v) is 16.1. The molecule has 45 heavy (non-hydrogen) atoms. The number of hydrogen-bond acceptors (Lipinski definition) is 15. The van der Waals surface area contributed by atoms with E-state index < -0.39 is 11.9 Å². The summed E-state index contributed by atoms with van der Waals surface area (Å²) in [6.07, 6.45) is -0.201. The van der Waals surface area contributed by atoms with Crippen molar-refractivity contribution in [2.45, 2.75) is 19.2 Å². The maximum absolute atomic E-state index is 11.9. The second-order valence-corrected chi connectivity index (χ2v) is 11.0. The molecule has 0 aliphatic rings. The average Bonchev–Trinajstić information content (AvgIpc) is 3.05. The van der Waals surface area contributed by atoms with Crippen LogP contribution < -0.4 is 0 Å². The second-order valence-electron chi connectivity index (χ2n) is 9.63. The van der Waals surface area contributed by atoms with Crippen LogP contribution in [0.3, 0.4) is 0 Å². The van der Waals surface area contributed by atoms with Crippen molar-refractivity contribution in [2.75, 3.05) is 91.5 Å². The van der Waals surface area contributed by atoms with Crippen LogP contribution in [0.1, 0.15) is 32.4 Å². The quantitative estimate of drug-likeness (QED) is 0.0721. The highest BCUT2D eigenvalue weighted by Gasteiger charge is 2.15. The SMILES string of the molecule is COC(=O)c1cccc(CN(CCO)CCOC[C@@H](CSCCN=C=S)OCCN(CCO)Cc2cccc(C(=O)OC)n2)n1. The molecule has 2 rings (SSSR count). The summed E-state index contributed by atoms with van der Waals surface area (Å²) in [7, 11) is 2.62. The molecule has 15 heteroatoms. The maximum atomic E-state index is 11.9. The van der Waals surface area contributed by atoms with E-state index in [2.05, 4.69) is 32.3 Å². The predicted octanol–water partition coefficient (Wildman–Crippen LogP) is 1.58. The van der Waals surface area contributed by atoms with Crippen LogP contribution in [-0.2, 0) is 32.0 Å². The fourth-order valence-corrected chi connectivity index (χ4v) is 5.06. The van der Waals surface area contributed by atoms with E-state index in [9.17, 15) is 19.8 Å². The van der Waals surface area contributed by atoms with Crippen molar-refractivity contribution in [1.82, 2.24) is 19.8 Å². The average molecular weight is 666 g/mol. The van der Waals surface area contributed by atoms with Gasteiger partial charge < -0.3 is 29.2 Å². The van der Waals surface area contributed by atoms with Crippen LogP contribution >= 0.6 is 24.0 Å². The third-order valence-electron chi connectivity index (χ3n) is 6.34. The van der Waals surface area contributed by atoms with Gasteiger partial charge in [0, 0.05) is 50.8 Å². The van der Waals surface area contributed by atoms with Crippen LogP contribution in [0.25, 0.3) is 0 Å². The number of rotatable bonds is 24. The fraction of sp³-hybridized carbons (Fsp3) is 0.567. The number of ether oxygens (including phenoxy) is 4. The minimum atomic E-state index is -0.505. The van der Waals surface area contributed by atoms with E-state index in [-0.39, 0.29) is 30.7 Å². The molecule has 0 bridgehead atoms. The lowest BCUT2D eigenvalue weighted by molar-refractivity contribution is -0.0175. The smallest absolute Gasteiger partial charge is 0.356 e. The number of carbonyl (C=O) groups is 2. The maximum Gasteiger partial charge on any atom is 0.356 e. The summed E-state index contributed by atoms with van der Waals surface area (Å²) in [5, 5.41) is 21.5. The lowest BCUT2D eigenvalue weighted by atomic mass is 10.3. The van der Waals surface area contributed by atoms with Crippen molar-refractivity contribution < 1.29 is 38.7 Å². The zero-order valence-corrected chi connectivity index (χ0v) is 27.5. The number of aliphatic hydroxyl groups excluding tert-OH is 2. The number of esters is 2. The predicted molar refractivity (Wildman–Crippen MR) is 174 cm³/mol. The molecule has 2 aromatic rings. The summed E-state index contributed by atoms with van der Waals surface area (Å²) in [4.78, 5) is 40.4. The number of thiocarbonyl (C=S) groups is 1. The standard InChI is InChI=1S/C30H43N5O8S2/c1-40-29(38)27-7-3-5-24(32-27)19-34(10-14-36)12-16-42-21-26(22-45-18-9-31-23-44)43-17-13-35(11-15-37)20-25-6-4-8-28(33-25)30(39)41-2/h3-8,26,36-37H,9-22H2,1-2H3/t26-/m0/s1.